The first-order valence-corrected chi connectivity index (χ1v) is 6.85. The predicted octanol–water partition coefficient (Wildman–Crippen LogP) is 1.17. The number of piperazine rings is 1. The summed E-state index contributed by atoms with van der Waals surface area (Å²) in [6.45, 7) is 10.0. The molecule has 3 unspecified atom stereocenters. The van der Waals surface area contributed by atoms with Crippen LogP contribution < -0.4 is 0 Å². The summed E-state index contributed by atoms with van der Waals surface area (Å²) in [5, 5.41) is 10.1. The molecule has 0 aromatic carbocycles. The number of nitrogens with zero attached hydrogens (tertiary/aromatic N) is 2. The minimum atomic E-state index is -0.141. The Morgan fingerprint density at radius 1 is 1.31 bits per heavy atom. The van der Waals surface area contributed by atoms with Crippen LogP contribution in [0.2, 0.25) is 0 Å². The van der Waals surface area contributed by atoms with Gasteiger partial charge in [-0.05, 0) is 25.3 Å². The van der Waals surface area contributed by atoms with Gasteiger partial charge in [0.2, 0.25) is 0 Å². The van der Waals surface area contributed by atoms with Crippen LogP contribution in [0.1, 0.15) is 33.1 Å². The molecule has 2 fully saturated rings. The number of hydrogen-bond donors (Lipinski definition) is 1. The maximum Gasteiger partial charge on any atom is 0.0692 e. The molecule has 0 bridgehead atoms. The third-order valence-corrected chi connectivity index (χ3v) is 4.42. The maximum absolute atomic E-state index is 10.1. The summed E-state index contributed by atoms with van der Waals surface area (Å²) in [4.78, 5) is 5.08. The van der Waals surface area contributed by atoms with Crippen LogP contribution in [0.4, 0.5) is 0 Å². The van der Waals surface area contributed by atoms with Gasteiger partial charge in [0.05, 0.1) is 6.10 Å². The molecule has 2 aliphatic heterocycles. The van der Waals surface area contributed by atoms with Crippen molar-refractivity contribution in [3.8, 4) is 0 Å². The van der Waals surface area contributed by atoms with Gasteiger partial charge in [0.25, 0.3) is 0 Å². The minimum absolute atomic E-state index is 0.141. The van der Waals surface area contributed by atoms with Gasteiger partial charge in [-0.25, -0.2) is 0 Å². The highest BCUT2D eigenvalue weighted by Gasteiger charge is 2.31. The van der Waals surface area contributed by atoms with Crippen molar-refractivity contribution in [2.45, 2.75) is 45.3 Å². The number of β-amino-alcohol motifs (C(OH)–C–C–N with tert-alkyl or cyclic N) is 1. The molecule has 2 heterocycles. The topological polar surface area (TPSA) is 26.7 Å². The van der Waals surface area contributed by atoms with Crippen molar-refractivity contribution in [3.63, 3.8) is 0 Å². The molecule has 0 spiro atoms. The lowest BCUT2D eigenvalue weighted by molar-refractivity contribution is 0.0335. The molecule has 0 aliphatic carbocycles. The summed E-state index contributed by atoms with van der Waals surface area (Å²) in [5.74, 6) is 0.432. The molecule has 0 radical (unpaired) electrons. The average molecular weight is 226 g/mol. The van der Waals surface area contributed by atoms with Crippen LogP contribution in [0, 0.1) is 5.92 Å². The van der Waals surface area contributed by atoms with Crippen LogP contribution in [0.15, 0.2) is 0 Å². The van der Waals surface area contributed by atoms with Gasteiger partial charge in [-0.3, -0.25) is 9.80 Å². The molecule has 3 nitrogen and oxygen atoms in total. The molecule has 16 heavy (non-hydrogen) atoms. The summed E-state index contributed by atoms with van der Waals surface area (Å²) < 4.78 is 0. The van der Waals surface area contributed by atoms with E-state index in [-0.39, 0.29) is 6.10 Å². The zero-order valence-corrected chi connectivity index (χ0v) is 10.7. The second-order valence-corrected chi connectivity index (χ2v) is 5.54. The van der Waals surface area contributed by atoms with Crippen molar-refractivity contribution in [1.29, 1.82) is 0 Å². The summed E-state index contributed by atoms with van der Waals surface area (Å²) >= 11 is 0. The Hall–Kier alpha value is -0.120. The fourth-order valence-electron chi connectivity index (χ4n) is 2.94. The molecule has 0 aromatic heterocycles. The molecule has 2 aliphatic rings. The molecule has 0 aromatic rings. The molecule has 1 N–H and O–H groups in total. The van der Waals surface area contributed by atoms with Crippen molar-refractivity contribution in [2.75, 3.05) is 32.7 Å². The Balaban J connectivity index is 1.78. The highest BCUT2D eigenvalue weighted by atomic mass is 16.3. The van der Waals surface area contributed by atoms with Crippen LogP contribution >= 0.6 is 0 Å². The Labute approximate surface area is 99.4 Å². The van der Waals surface area contributed by atoms with E-state index in [1.54, 1.807) is 0 Å². The third kappa shape index (κ3) is 2.76. The van der Waals surface area contributed by atoms with E-state index < -0.39 is 0 Å². The van der Waals surface area contributed by atoms with Gasteiger partial charge in [-0.15, -0.1) is 0 Å². The highest BCUT2D eigenvalue weighted by molar-refractivity contribution is 4.87. The molecule has 3 heteroatoms. The van der Waals surface area contributed by atoms with Crippen molar-refractivity contribution in [1.82, 2.24) is 9.80 Å². The lowest BCUT2D eigenvalue weighted by Crippen LogP contribution is -2.52. The number of fused-ring (bicyclic) bond motifs is 1. The van der Waals surface area contributed by atoms with Gasteiger partial charge in [0.15, 0.2) is 0 Å². The first-order chi connectivity index (χ1) is 7.70. The second-order valence-electron chi connectivity index (χ2n) is 5.54. The van der Waals surface area contributed by atoms with E-state index in [0.717, 1.165) is 25.6 Å². The molecule has 2 rings (SSSR count). The predicted molar refractivity (Wildman–Crippen MR) is 66.5 cm³/mol. The van der Waals surface area contributed by atoms with Gasteiger partial charge < -0.3 is 5.11 Å². The number of rotatable bonds is 4. The zero-order chi connectivity index (χ0) is 11.5. The van der Waals surface area contributed by atoms with E-state index >= 15 is 0 Å². The van der Waals surface area contributed by atoms with Gasteiger partial charge in [-0.2, -0.15) is 0 Å². The standard InChI is InChI=1S/C13H26N2O/c1-3-11(2)13(16)10-14-7-8-15-6-4-5-12(15)9-14/h11-13,16H,3-10H2,1-2H3. The normalized spacial score (nSPS) is 31.3. The first-order valence-electron chi connectivity index (χ1n) is 6.85. The van der Waals surface area contributed by atoms with Crippen LogP contribution in [-0.2, 0) is 0 Å². The van der Waals surface area contributed by atoms with E-state index in [1.165, 1.54) is 32.5 Å². The molecular weight excluding hydrogens is 200 g/mol. The van der Waals surface area contributed by atoms with E-state index in [1.807, 2.05) is 0 Å². The van der Waals surface area contributed by atoms with Crippen LogP contribution in [-0.4, -0.2) is 59.8 Å². The van der Waals surface area contributed by atoms with E-state index in [2.05, 4.69) is 23.6 Å². The fourth-order valence-corrected chi connectivity index (χ4v) is 2.94. The summed E-state index contributed by atoms with van der Waals surface area (Å²) in [7, 11) is 0. The second kappa shape index (κ2) is 5.48. The van der Waals surface area contributed by atoms with Crippen molar-refractivity contribution in [3.05, 3.63) is 0 Å². The average Bonchev–Trinajstić information content (AvgIpc) is 2.75. The molecule has 3 atom stereocenters. The zero-order valence-electron chi connectivity index (χ0n) is 10.7. The Morgan fingerprint density at radius 2 is 2.12 bits per heavy atom. The van der Waals surface area contributed by atoms with Crippen molar-refractivity contribution >= 4 is 0 Å². The number of aliphatic hydroxyl groups excluding tert-OH is 1. The quantitative estimate of drug-likeness (QED) is 0.779. The Bertz CT molecular complexity index is 222. The largest absolute Gasteiger partial charge is 0.392 e. The Kier molecular flexibility index (Phi) is 4.22. The molecular formula is C13H26N2O. The SMILES string of the molecule is CCC(C)C(O)CN1CCN2CCCC2C1. The summed E-state index contributed by atoms with van der Waals surface area (Å²) in [5.41, 5.74) is 0. The van der Waals surface area contributed by atoms with Crippen LogP contribution in [0.3, 0.4) is 0 Å². The van der Waals surface area contributed by atoms with Gasteiger partial charge in [0, 0.05) is 32.2 Å². The van der Waals surface area contributed by atoms with Crippen molar-refractivity contribution < 1.29 is 5.11 Å². The molecule has 94 valence electrons. The third-order valence-electron chi connectivity index (χ3n) is 4.42. The van der Waals surface area contributed by atoms with Gasteiger partial charge in [0.1, 0.15) is 0 Å². The van der Waals surface area contributed by atoms with Gasteiger partial charge in [-0.1, -0.05) is 20.3 Å². The number of hydrogen-bond acceptors (Lipinski definition) is 3. The van der Waals surface area contributed by atoms with E-state index in [9.17, 15) is 5.11 Å². The lowest BCUT2D eigenvalue weighted by atomic mass is 10.0. The number of aliphatic hydroxyl groups is 1. The molecule has 0 saturated carbocycles. The maximum atomic E-state index is 10.1. The van der Waals surface area contributed by atoms with Crippen LogP contribution in [0.25, 0.3) is 0 Å². The summed E-state index contributed by atoms with van der Waals surface area (Å²) in [6, 6.07) is 0.776. The summed E-state index contributed by atoms with van der Waals surface area (Å²) in [6.07, 6.45) is 3.66. The molecule has 2 saturated heterocycles. The molecule has 0 amide bonds. The van der Waals surface area contributed by atoms with E-state index in [0.29, 0.717) is 5.92 Å². The monoisotopic (exact) mass is 226 g/mol. The van der Waals surface area contributed by atoms with Crippen molar-refractivity contribution in [2.24, 2.45) is 5.92 Å². The van der Waals surface area contributed by atoms with E-state index in [4.69, 9.17) is 0 Å². The minimum Gasteiger partial charge on any atom is -0.392 e. The Morgan fingerprint density at radius 3 is 2.88 bits per heavy atom. The van der Waals surface area contributed by atoms with Gasteiger partial charge >= 0.3 is 0 Å². The van der Waals surface area contributed by atoms with Crippen LogP contribution in [0.5, 0.6) is 0 Å². The smallest absolute Gasteiger partial charge is 0.0692 e. The first kappa shape index (κ1) is 12.3. The lowest BCUT2D eigenvalue weighted by Gasteiger charge is -2.38. The fraction of sp³-hybridized carbons (Fsp3) is 1.00. The highest BCUT2D eigenvalue weighted by Crippen LogP contribution is 2.22.